The van der Waals surface area contributed by atoms with Crippen LogP contribution < -0.4 is 0 Å². The zero-order valence-corrected chi connectivity index (χ0v) is 8.42. The molecule has 1 aliphatic heterocycles. The van der Waals surface area contributed by atoms with Crippen LogP contribution >= 0.6 is 0 Å². The van der Waals surface area contributed by atoms with Crippen molar-refractivity contribution in [3.05, 3.63) is 11.6 Å². The van der Waals surface area contributed by atoms with Gasteiger partial charge in [0, 0.05) is 0 Å². The maximum Gasteiger partial charge on any atom is 0.124 e. The van der Waals surface area contributed by atoms with Gasteiger partial charge in [0.25, 0.3) is 0 Å². The summed E-state index contributed by atoms with van der Waals surface area (Å²) < 4.78 is 5.63. The molecule has 0 unspecified atom stereocenters. The second-order valence-electron chi connectivity index (χ2n) is 4.50. The van der Waals surface area contributed by atoms with Gasteiger partial charge in [-0.3, -0.25) is 0 Å². The molecule has 0 aromatic rings. The van der Waals surface area contributed by atoms with E-state index in [1.165, 1.54) is 18.4 Å². The van der Waals surface area contributed by atoms with Crippen molar-refractivity contribution in [2.45, 2.75) is 57.3 Å². The van der Waals surface area contributed by atoms with E-state index in [4.69, 9.17) is 4.74 Å². The number of epoxide rings is 1. The molecule has 2 aliphatic rings. The third-order valence-electron chi connectivity index (χ3n) is 3.13. The van der Waals surface area contributed by atoms with E-state index in [9.17, 15) is 5.11 Å². The fraction of sp³-hybridized carbons (Fsp3) is 0.818. The molecule has 0 aromatic heterocycles. The van der Waals surface area contributed by atoms with Gasteiger partial charge in [-0.15, -0.1) is 0 Å². The molecule has 0 radical (unpaired) electrons. The lowest BCUT2D eigenvalue weighted by atomic mass is 9.84. The van der Waals surface area contributed by atoms with E-state index in [1.807, 2.05) is 19.9 Å². The van der Waals surface area contributed by atoms with Gasteiger partial charge in [0.05, 0.1) is 6.10 Å². The summed E-state index contributed by atoms with van der Waals surface area (Å²) in [6.07, 6.45) is 6.49. The Labute approximate surface area is 79.6 Å². The van der Waals surface area contributed by atoms with Crippen molar-refractivity contribution in [1.82, 2.24) is 0 Å². The lowest BCUT2D eigenvalue weighted by Crippen LogP contribution is -2.32. The highest BCUT2D eigenvalue weighted by molar-refractivity contribution is 5.17. The molecule has 0 spiro atoms. The largest absolute Gasteiger partial charge is 0.386 e. The van der Waals surface area contributed by atoms with Gasteiger partial charge in [-0.05, 0) is 26.7 Å². The van der Waals surface area contributed by atoms with Crippen LogP contribution in [0.4, 0.5) is 0 Å². The van der Waals surface area contributed by atoms with E-state index < -0.39 is 0 Å². The summed E-state index contributed by atoms with van der Waals surface area (Å²) in [7, 11) is 0. The van der Waals surface area contributed by atoms with Crippen molar-refractivity contribution in [1.29, 1.82) is 0 Å². The van der Waals surface area contributed by atoms with Gasteiger partial charge in [0.1, 0.15) is 11.7 Å². The molecule has 1 saturated heterocycles. The number of allylic oxidation sites excluding steroid dienone is 1. The van der Waals surface area contributed by atoms with Crippen molar-refractivity contribution in [2.75, 3.05) is 0 Å². The van der Waals surface area contributed by atoms with Crippen molar-refractivity contribution >= 4 is 0 Å². The number of hydrogen-bond donors (Lipinski definition) is 1. The number of aliphatic hydroxyl groups excluding tert-OH is 1. The van der Waals surface area contributed by atoms with Crippen LogP contribution in [0.15, 0.2) is 11.6 Å². The number of aliphatic hydroxyl groups is 1. The van der Waals surface area contributed by atoms with Gasteiger partial charge < -0.3 is 9.84 Å². The molecule has 0 bridgehead atoms. The third kappa shape index (κ3) is 1.53. The highest BCUT2D eigenvalue weighted by Crippen LogP contribution is 2.50. The van der Waals surface area contributed by atoms with Gasteiger partial charge in [-0.2, -0.15) is 0 Å². The normalized spacial score (nSPS) is 39.2. The molecule has 1 aliphatic carbocycles. The Morgan fingerprint density at radius 3 is 2.92 bits per heavy atom. The van der Waals surface area contributed by atoms with Crippen molar-refractivity contribution in [3.63, 3.8) is 0 Å². The average Bonchev–Trinajstić information content (AvgIpc) is 2.77. The van der Waals surface area contributed by atoms with Crippen LogP contribution in [0.5, 0.6) is 0 Å². The molecular weight excluding hydrogens is 164 g/mol. The van der Waals surface area contributed by atoms with E-state index in [-0.39, 0.29) is 11.7 Å². The van der Waals surface area contributed by atoms with Crippen LogP contribution in [-0.2, 0) is 4.74 Å². The molecule has 0 aromatic carbocycles. The predicted octanol–water partition coefficient (Wildman–Crippen LogP) is 2.03. The van der Waals surface area contributed by atoms with Gasteiger partial charge in [0.15, 0.2) is 0 Å². The topological polar surface area (TPSA) is 32.8 Å². The number of fused-ring (bicyclic) bond motifs is 1. The van der Waals surface area contributed by atoms with E-state index >= 15 is 0 Å². The Morgan fingerprint density at radius 1 is 1.54 bits per heavy atom. The molecule has 1 saturated carbocycles. The van der Waals surface area contributed by atoms with E-state index in [0.717, 1.165) is 12.8 Å². The first kappa shape index (κ1) is 9.22. The fourth-order valence-electron chi connectivity index (χ4n) is 2.35. The lowest BCUT2D eigenvalue weighted by molar-refractivity contribution is 0.103. The molecule has 2 rings (SSSR count). The van der Waals surface area contributed by atoms with E-state index in [1.54, 1.807) is 0 Å². The molecule has 1 heterocycles. The van der Waals surface area contributed by atoms with Crippen LogP contribution in [0.1, 0.15) is 39.5 Å². The second kappa shape index (κ2) is 3.10. The van der Waals surface area contributed by atoms with Crippen LogP contribution in [0.25, 0.3) is 0 Å². The van der Waals surface area contributed by atoms with Crippen LogP contribution in [0, 0.1) is 0 Å². The molecule has 2 fully saturated rings. The first-order valence-corrected chi connectivity index (χ1v) is 5.16. The minimum atomic E-state index is -0.386. The maximum atomic E-state index is 9.94. The highest BCUT2D eigenvalue weighted by Gasteiger charge is 2.60. The second-order valence-corrected chi connectivity index (χ2v) is 4.50. The lowest BCUT2D eigenvalue weighted by Gasteiger charge is -2.20. The number of rotatable bonds is 2. The molecule has 0 amide bonds. The zero-order chi connectivity index (χ0) is 9.47. The maximum absolute atomic E-state index is 9.94. The quantitative estimate of drug-likeness (QED) is 0.523. The summed E-state index contributed by atoms with van der Waals surface area (Å²) in [6, 6.07) is 0. The molecule has 3 atom stereocenters. The summed E-state index contributed by atoms with van der Waals surface area (Å²) in [5, 5.41) is 9.94. The monoisotopic (exact) mass is 182 g/mol. The summed E-state index contributed by atoms with van der Waals surface area (Å²) in [6.45, 7) is 4.03. The van der Waals surface area contributed by atoms with Crippen molar-refractivity contribution < 1.29 is 9.84 Å². The average molecular weight is 182 g/mol. The standard InChI is InChI=1S/C11H18O2/c1-8(2)7-9(12)11-6-4-3-5-10(11)13-11/h7,9-10,12H,3-6H2,1-2H3/t9-,10-,11-/m0/s1. The fourth-order valence-corrected chi connectivity index (χ4v) is 2.35. The Bertz CT molecular complexity index is 230. The van der Waals surface area contributed by atoms with Crippen LogP contribution in [0.2, 0.25) is 0 Å². The molecule has 1 N–H and O–H groups in total. The SMILES string of the molecule is CC(C)=C[C@H](O)[C@@]12CCCC[C@@H]1O2. The molecular formula is C11H18O2. The molecule has 2 nitrogen and oxygen atoms in total. The van der Waals surface area contributed by atoms with E-state index in [0.29, 0.717) is 6.10 Å². The summed E-state index contributed by atoms with van der Waals surface area (Å²) in [5.41, 5.74) is 0.983. The first-order valence-electron chi connectivity index (χ1n) is 5.16. The zero-order valence-electron chi connectivity index (χ0n) is 8.42. The molecule has 2 heteroatoms. The Morgan fingerprint density at radius 2 is 2.31 bits per heavy atom. The third-order valence-corrected chi connectivity index (χ3v) is 3.13. The summed E-state index contributed by atoms with van der Waals surface area (Å²) in [5.74, 6) is 0. The summed E-state index contributed by atoms with van der Waals surface area (Å²) >= 11 is 0. The van der Waals surface area contributed by atoms with Gasteiger partial charge in [-0.25, -0.2) is 0 Å². The van der Waals surface area contributed by atoms with Crippen LogP contribution in [-0.4, -0.2) is 22.9 Å². The Balaban J connectivity index is 2.04. The van der Waals surface area contributed by atoms with E-state index in [2.05, 4.69) is 0 Å². The van der Waals surface area contributed by atoms with Gasteiger partial charge in [0.2, 0.25) is 0 Å². The molecule has 13 heavy (non-hydrogen) atoms. The van der Waals surface area contributed by atoms with Crippen molar-refractivity contribution in [3.8, 4) is 0 Å². The first-order chi connectivity index (χ1) is 6.15. The van der Waals surface area contributed by atoms with Crippen LogP contribution in [0.3, 0.4) is 0 Å². The predicted molar refractivity (Wildman–Crippen MR) is 51.5 cm³/mol. The number of hydrogen-bond acceptors (Lipinski definition) is 2. The van der Waals surface area contributed by atoms with Gasteiger partial charge >= 0.3 is 0 Å². The Hall–Kier alpha value is -0.340. The summed E-state index contributed by atoms with van der Waals surface area (Å²) in [4.78, 5) is 0. The smallest absolute Gasteiger partial charge is 0.124 e. The highest BCUT2D eigenvalue weighted by atomic mass is 16.6. The van der Waals surface area contributed by atoms with Gasteiger partial charge in [-0.1, -0.05) is 24.5 Å². The minimum absolute atomic E-state index is 0.185. The number of ether oxygens (including phenoxy) is 1. The minimum Gasteiger partial charge on any atom is -0.386 e. The van der Waals surface area contributed by atoms with Crippen molar-refractivity contribution in [2.24, 2.45) is 0 Å². The molecule has 74 valence electrons. The Kier molecular flexibility index (Phi) is 2.20.